The molecule has 9 nitrogen and oxygen atoms in total. The molecule has 0 fully saturated rings. The average Bonchev–Trinajstić information content (AvgIpc) is 3.34. The minimum atomic E-state index is -1.52. The van der Waals surface area contributed by atoms with Crippen LogP contribution in [0.3, 0.4) is 0 Å². The van der Waals surface area contributed by atoms with Crippen LogP contribution in [0.15, 0.2) is 85.1 Å². The summed E-state index contributed by atoms with van der Waals surface area (Å²) < 4.78 is 22.8. The minimum absolute atomic E-state index is 0.176. The number of likely N-dealkylation sites (N-methyl/N-ethyl adjacent to an activating group) is 1. The predicted molar refractivity (Wildman–Crippen MR) is 299 cm³/mol. The number of nitrogens with zero attached hydrogens (tertiary/aromatic N) is 1. The Kier molecular flexibility index (Phi) is 50.2. The molecule has 71 heavy (non-hydrogen) atoms. The fraction of sp³-hybridized carbons (Fsp3) is 0.726. The molecule has 0 aliphatic rings. The lowest BCUT2D eigenvalue weighted by molar-refractivity contribution is -0.870. The van der Waals surface area contributed by atoms with Gasteiger partial charge >= 0.3 is 17.9 Å². The lowest BCUT2D eigenvalue weighted by atomic mass is 10.0. The van der Waals surface area contributed by atoms with Gasteiger partial charge in [0.15, 0.2) is 6.10 Å². The number of ether oxygens (including phenoxy) is 4. The Labute approximate surface area is 436 Å². The highest BCUT2D eigenvalue weighted by atomic mass is 16.7. The zero-order valence-corrected chi connectivity index (χ0v) is 46.4. The maximum atomic E-state index is 12.8. The molecular formula is C62H108NO8+. The van der Waals surface area contributed by atoms with Crippen LogP contribution in [0.25, 0.3) is 0 Å². The fourth-order valence-electron chi connectivity index (χ4n) is 7.72. The second kappa shape index (κ2) is 52.8. The van der Waals surface area contributed by atoms with Gasteiger partial charge in [0.1, 0.15) is 13.2 Å². The van der Waals surface area contributed by atoms with Crippen molar-refractivity contribution in [2.75, 3.05) is 47.5 Å². The lowest BCUT2D eigenvalue weighted by Crippen LogP contribution is -2.40. The predicted octanol–water partition coefficient (Wildman–Crippen LogP) is 16.8. The minimum Gasteiger partial charge on any atom is -0.477 e. The van der Waals surface area contributed by atoms with Crippen LogP contribution in [0.5, 0.6) is 0 Å². The van der Waals surface area contributed by atoms with E-state index in [4.69, 9.17) is 18.9 Å². The molecule has 0 rings (SSSR count). The highest BCUT2D eigenvalue weighted by molar-refractivity contribution is 5.71. The van der Waals surface area contributed by atoms with E-state index < -0.39 is 24.3 Å². The van der Waals surface area contributed by atoms with Crippen molar-refractivity contribution in [3.8, 4) is 0 Å². The first-order valence-electron chi connectivity index (χ1n) is 28.8. The van der Waals surface area contributed by atoms with Gasteiger partial charge in [0.25, 0.3) is 6.29 Å². The third-order valence-corrected chi connectivity index (χ3v) is 12.1. The first-order valence-corrected chi connectivity index (χ1v) is 28.8. The number of hydrogen-bond donors (Lipinski definition) is 1. The highest BCUT2D eigenvalue weighted by Gasteiger charge is 2.25. The average molecular weight is 996 g/mol. The van der Waals surface area contributed by atoms with E-state index in [9.17, 15) is 19.5 Å². The van der Waals surface area contributed by atoms with Crippen LogP contribution in [0.1, 0.15) is 232 Å². The van der Waals surface area contributed by atoms with E-state index >= 15 is 0 Å². The summed E-state index contributed by atoms with van der Waals surface area (Å²) >= 11 is 0. The van der Waals surface area contributed by atoms with E-state index in [0.717, 1.165) is 70.6 Å². The monoisotopic (exact) mass is 995 g/mol. The van der Waals surface area contributed by atoms with Crippen molar-refractivity contribution in [3.63, 3.8) is 0 Å². The molecule has 0 spiro atoms. The molecule has 0 aromatic carbocycles. The molecule has 0 saturated heterocycles. The molecule has 0 aromatic rings. The van der Waals surface area contributed by atoms with Crippen LogP contribution in [-0.2, 0) is 33.3 Å². The molecule has 0 heterocycles. The smallest absolute Gasteiger partial charge is 0.361 e. The summed E-state index contributed by atoms with van der Waals surface area (Å²) in [5, 5.41) is 9.68. The molecule has 0 radical (unpaired) electrons. The number of esters is 2. The molecule has 0 amide bonds. The molecule has 0 aromatic heterocycles. The summed E-state index contributed by atoms with van der Waals surface area (Å²) in [5.74, 6) is -2.07. The number of unbranched alkanes of at least 4 members (excludes halogenated alkanes) is 23. The van der Waals surface area contributed by atoms with Crippen molar-refractivity contribution in [3.05, 3.63) is 85.1 Å². The molecule has 2 atom stereocenters. The largest absolute Gasteiger partial charge is 0.477 e. The molecular weight excluding hydrogens is 887 g/mol. The van der Waals surface area contributed by atoms with Gasteiger partial charge in [-0.3, -0.25) is 9.59 Å². The van der Waals surface area contributed by atoms with Crippen molar-refractivity contribution in [1.29, 1.82) is 0 Å². The third-order valence-electron chi connectivity index (χ3n) is 12.1. The number of rotatable bonds is 52. The second-order valence-electron chi connectivity index (χ2n) is 20.2. The molecule has 0 bridgehead atoms. The van der Waals surface area contributed by atoms with E-state index in [1.165, 1.54) is 128 Å². The van der Waals surface area contributed by atoms with Crippen molar-refractivity contribution in [2.24, 2.45) is 0 Å². The van der Waals surface area contributed by atoms with Crippen molar-refractivity contribution < 1.29 is 42.9 Å². The number of carboxylic acids is 1. The second-order valence-corrected chi connectivity index (χ2v) is 20.2. The molecule has 0 aliphatic heterocycles. The van der Waals surface area contributed by atoms with Crippen LogP contribution in [0.4, 0.5) is 0 Å². The number of quaternary nitrogens is 1. The van der Waals surface area contributed by atoms with Crippen LogP contribution in [-0.4, -0.2) is 87.4 Å². The highest BCUT2D eigenvalue weighted by Crippen LogP contribution is 2.16. The maximum absolute atomic E-state index is 12.8. The van der Waals surface area contributed by atoms with E-state index in [1.807, 2.05) is 21.1 Å². The molecule has 0 saturated carbocycles. The summed E-state index contributed by atoms with van der Waals surface area (Å²) in [6, 6.07) is 0. The van der Waals surface area contributed by atoms with Gasteiger partial charge in [-0.25, -0.2) is 4.79 Å². The Morgan fingerprint density at radius 3 is 1.23 bits per heavy atom. The van der Waals surface area contributed by atoms with Gasteiger partial charge in [-0.15, -0.1) is 0 Å². The first kappa shape index (κ1) is 67.5. The van der Waals surface area contributed by atoms with E-state index in [0.29, 0.717) is 17.4 Å². The zero-order valence-electron chi connectivity index (χ0n) is 46.4. The summed E-state index contributed by atoms with van der Waals surface area (Å²) in [5.41, 5.74) is 0. The molecule has 9 heteroatoms. The van der Waals surface area contributed by atoms with Gasteiger partial charge in [-0.2, -0.15) is 0 Å². The number of carbonyl (C=O) groups is 3. The van der Waals surface area contributed by atoms with Gasteiger partial charge in [0.05, 0.1) is 34.4 Å². The zero-order chi connectivity index (χ0) is 52.0. The Balaban J connectivity index is 4.17. The SMILES string of the molecule is CC/C=C\C/C=C\C/C=C\C/C=C\CCCCC(=O)OC(COC(=O)CCCCCCCCCCCCCCCCCC/C=C\C/C=C\C/C=C\CCCCCCC)COC(OCC[N+](C)(C)C)C(=O)O. The maximum Gasteiger partial charge on any atom is 0.361 e. The number of aliphatic carboxylic acids is 1. The van der Waals surface area contributed by atoms with Gasteiger partial charge in [-0.1, -0.05) is 214 Å². The quantitative estimate of drug-likeness (QED) is 0.0211. The summed E-state index contributed by atoms with van der Waals surface area (Å²) in [6.45, 7) is 4.70. The Morgan fingerprint density at radius 2 is 0.803 bits per heavy atom. The van der Waals surface area contributed by atoms with Crippen LogP contribution < -0.4 is 0 Å². The number of carboxylic acid groups (broad SMARTS) is 1. The first-order chi connectivity index (χ1) is 34.6. The van der Waals surface area contributed by atoms with Gasteiger partial charge < -0.3 is 28.5 Å². The summed E-state index contributed by atoms with van der Waals surface area (Å²) in [4.78, 5) is 37.3. The lowest BCUT2D eigenvalue weighted by Gasteiger charge is -2.25. The Bertz CT molecular complexity index is 1440. The van der Waals surface area contributed by atoms with E-state index in [2.05, 4.69) is 98.9 Å². The molecule has 408 valence electrons. The Hall–Kier alpha value is -3.53. The van der Waals surface area contributed by atoms with Crippen LogP contribution >= 0.6 is 0 Å². The third kappa shape index (κ3) is 54.1. The summed E-state index contributed by atoms with van der Waals surface area (Å²) in [7, 11) is 5.95. The van der Waals surface area contributed by atoms with E-state index in [-0.39, 0.29) is 38.6 Å². The van der Waals surface area contributed by atoms with Crippen LogP contribution in [0.2, 0.25) is 0 Å². The fourth-order valence-corrected chi connectivity index (χ4v) is 7.72. The topological polar surface area (TPSA) is 108 Å². The molecule has 1 N–H and O–H groups in total. The normalized spacial score (nSPS) is 13.4. The number of carbonyl (C=O) groups excluding carboxylic acids is 2. The van der Waals surface area contributed by atoms with Gasteiger partial charge in [0.2, 0.25) is 0 Å². The standard InChI is InChI=1S/C62H107NO8/c1-6-8-10-12-14-16-18-20-22-23-24-25-26-27-28-29-30-31-32-33-34-35-36-37-39-40-42-44-46-48-50-52-59(64)69-56-58(57-70-62(61(66)67)68-55-54-63(3,4)5)71-60(65)53-51-49-47-45-43-41-38-21-19-17-15-13-11-9-7-2/h9,11,15,17-18,20-21,23-24,26-27,38,43,45,58,62H,6-8,10,12-14,16,19,22,25,28-37,39-42,44,46-57H2,1-5H3/p+1/b11-9-,17-15-,20-18-,24-23-,27-26-,38-21-,45-43-. The van der Waals surface area contributed by atoms with Crippen molar-refractivity contribution in [1.82, 2.24) is 0 Å². The van der Waals surface area contributed by atoms with Crippen molar-refractivity contribution >= 4 is 17.9 Å². The Morgan fingerprint density at radius 1 is 0.437 bits per heavy atom. The number of hydrogen-bond acceptors (Lipinski definition) is 7. The van der Waals surface area contributed by atoms with Crippen molar-refractivity contribution in [2.45, 2.75) is 245 Å². The molecule has 2 unspecified atom stereocenters. The van der Waals surface area contributed by atoms with E-state index in [1.54, 1.807) is 0 Å². The number of allylic oxidation sites excluding steroid dienone is 14. The van der Waals surface area contributed by atoms with Gasteiger partial charge in [0, 0.05) is 12.8 Å². The molecule has 0 aliphatic carbocycles. The van der Waals surface area contributed by atoms with Gasteiger partial charge in [-0.05, 0) is 89.9 Å². The van der Waals surface area contributed by atoms with Crippen LogP contribution in [0, 0.1) is 0 Å². The summed E-state index contributed by atoms with van der Waals surface area (Å²) in [6.07, 6.45) is 66.8.